The Labute approximate surface area is 87.5 Å². The highest BCUT2D eigenvalue weighted by atomic mass is 16.4. The number of pyridine rings is 1. The molecule has 15 heavy (non-hydrogen) atoms. The van der Waals surface area contributed by atoms with Crippen LogP contribution >= 0.6 is 0 Å². The summed E-state index contributed by atoms with van der Waals surface area (Å²) in [4.78, 5) is 17.1. The third-order valence-corrected chi connectivity index (χ3v) is 2.62. The van der Waals surface area contributed by atoms with Gasteiger partial charge in [0, 0.05) is 25.2 Å². The SMILES string of the molecule is CN1CCc2nc(N)c(C(=O)O)cc2C1. The molecule has 5 nitrogen and oxygen atoms in total. The van der Waals surface area contributed by atoms with Gasteiger partial charge in [-0.2, -0.15) is 0 Å². The van der Waals surface area contributed by atoms with Gasteiger partial charge in [-0.1, -0.05) is 0 Å². The summed E-state index contributed by atoms with van der Waals surface area (Å²) in [6.45, 7) is 1.68. The predicted octanol–water partition coefficient (Wildman–Crippen LogP) is 0.350. The second-order valence-electron chi connectivity index (χ2n) is 3.82. The zero-order valence-electron chi connectivity index (χ0n) is 8.53. The first-order valence-corrected chi connectivity index (χ1v) is 4.78. The van der Waals surface area contributed by atoms with Gasteiger partial charge in [0.1, 0.15) is 11.4 Å². The highest BCUT2D eigenvalue weighted by molar-refractivity contribution is 5.92. The van der Waals surface area contributed by atoms with Gasteiger partial charge >= 0.3 is 5.97 Å². The first-order chi connectivity index (χ1) is 7.08. The fraction of sp³-hybridized carbons (Fsp3) is 0.400. The highest BCUT2D eigenvalue weighted by Gasteiger charge is 2.19. The smallest absolute Gasteiger partial charge is 0.339 e. The number of carboxylic acids is 1. The molecule has 0 saturated heterocycles. The largest absolute Gasteiger partial charge is 0.478 e. The van der Waals surface area contributed by atoms with E-state index in [0.29, 0.717) is 0 Å². The van der Waals surface area contributed by atoms with Crippen molar-refractivity contribution in [3.8, 4) is 0 Å². The monoisotopic (exact) mass is 207 g/mol. The molecule has 0 unspecified atom stereocenters. The molecule has 0 aromatic carbocycles. The Bertz CT molecular complexity index is 417. The van der Waals surface area contributed by atoms with Crippen LogP contribution in [0.5, 0.6) is 0 Å². The minimum Gasteiger partial charge on any atom is -0.478 e. The first kappa shape index (κ1) is 9.92. The number of hydrogen-bond acceptors (Lipinski definition) is 4. The van der Waals surface area contributed by atoms with E-state index in [-0.39, 0.29) is 11.4 Å². The number of likely N-dealkylation sites (N-methyl/N-ethyl adjacent to an activating group) is 1. The molecule has 0 spiro atoms. The first-order valence-electron chi connectivity index (χ1n) is 4.78. The molecule has 1 aromatic heterocycles. The van der Waals surface area contributed by atoms with Crippen molar-refractivity contribution in [2.24, 2.45) is 0 Å². The lowest BCUT2D eigenvalue weighted by Crippen LogP contribution is -2.28. The van der Waals surface area contributed by atoms with E-state index in [1.807, 2.05) is 7.05 Å². The number of aromatic carboxylic acids is 1. The number of hydrogen-bond donors (Lipinski definition) is 2. The fourth-order valence-corrected chi connectivity index (χ4v) is 1.80. The van der Waals surface area contributed by atoms with Crippen molar-refractivity contribution >= 4 is 11.8 Å². The molecule has 5 heteroatoms. The summed E-state index contributed by atoms with van der Waals surface area (Å²) in [7, 11) is 2.00. The van der Waals surface area contributed by atoms with E-state index in [9.17, 15) is 4.79 Å². The van der Waals surface area contributed by atoms with Crippen LogP contribution in [0, 0.1) is 0 Å². The van der Waals surface area contributed by atoms with E-state index in [1.165, 1.54) is 0 Å². The summed E-state index contributed by atoms with van der Waals surface area (Å²) in [6, 6.07) is 1.63. The van der Waals surface area contributed by atoms with E-state index < -0.39 is 5.97 Å². The normalized spacial score (nSPS) is 16.1. The van der Waals surface area contributed by atoms with Gasteiger partial charge in [-0.3, -0.25) is 0 Å². The molecule has 2 heterocycles. The second-order valence-corrected chi connectivity index (χ2v) is 3.82. The molecule has 1 aliphatic rings. The summed E-state index contributed by atoms with van der Waals surface area (Å²) in [5.41, 5.74) is 7.57. The zero-order chi connectivity index (χ0) is 11.0. The number of rotatable bonds is 1. The molecule has 0 saturated carbocycles. The number of nitrogens with zero attached hydrogens (tertiary/aromatic N) is 2. The molecule has 0 fully saturated rings. The number of nitrogens with two attached hydrogens (primary N) is 1. The van der Waals surface area contributed by atoms with Crippen molar-refractivity contribution < 1.29 is 9.90 Å². The lowest BCUT2D eigenvalue weighted by atomic mass is 10.0. The summed E-state index contributed by atoms with van der Waals surface area (Å²) < 4.78 is 0. The second kappa shape index (κ2) is 3.51. The van der Waals surface area contributed by atoms with Gasteiger partial charge in [0.2, 0.25) is 0 Å². The molecule has 0 aliphatic carbocycles. The quantitative estimate of drug-likeness (QED) is 0.694. The number of carbonyl (C=O) groups is 1. The van der Waals surface area contributed by atoms with Gasteiger partial charge in [0.05, 0.1) is 0 Å². The summed E-state index contributed by atoms with van der Waals surface area (Å²) in [6.07, 6.45) is 0.829. The van der Waals surface area contributed by atoms with E-state index >= 15 is 0 Å². The highest BCUT2D eigenvalue weighted by Crippen LogP contribution is 2.20. The summed E-state index contributed by atoms with van der Waals surface area (Å²) >= 11 is 0. The maximum absolute atomic E-state index is 10.9. The molecule has 3 N–H and O–H groups in total. The number of anilines is 1. The third-order valence-electron chi connectivity index (χ3n) is 2.62. The van der Waals surface area contributed by atoms with Crippen LogP contribution in [0.2, 0.25) is 0 Å². The Morgan fingerprint density at radius 3 is 3.07 bits per heavy atom. The Hall–Kier alpha value is -1.62. The fourth-order valence-electron chi connectivity index (χ4n) is 1.80. The Kier molecular flexibility index (Phi) is 2.32. The van der Waals surface area contributed by atoms with Crippen LogP contribution in [0.1, 0.15) is 21.6 Å². The maximum Gasteiger partial charge on any atom is 0.339 e. The topological polar surface area (TPSA) is 79.5 Å². The average molecular weight is 207 g/mol. The van der Waals surface area contributed by atoms with Crippen molar-refractivity contribution in [3.05, 3.63) is 22.9 Å². The Morgan fingerprint density at radius 1 is 1.67 bits per heavy atom. The molecule has 0 bridgehead atoms. The Balaban J connectivity index is 2.47. The minimum absolute atomic E-state index is 0.101. The molecule has 1 aromatic rings. The van der Waals surface area contributed by atoms with Gasteiger partial charge in [-0.25, -0.2) is 9.78 Å². The molecule has 0 radical (unpaired) electrons. The molecule has 0 amide bonds. The van der Waals surface area contributed by atoms with Crippen LogP contribution in [-0.2, 0) is 13.0 Å². The van der Waals surface area contributed by atoms with E-state index in [2.05, 4.69) is 9.88 Å². The van der Waals surface area contributed by atoms with Crippen molar-refractivity contribution in [2.45, 2.75) is 13.0 Å². The van der Waals surface area contributed by atoms with E-state index in [0.717, 1.165) is 30.8 Å². The van der Waals surface area contributed by atoms with Crippen molar-refractivity contribution in [3.63, 3.8) is 0 Å². The maximum atomic E-state index is 10.9. The van der Waals surface area contributed by atoms with Crippen LogP contribution in [0.3, 0.4) is 0 Å². The minimum atomic E-state index is -1.02. The van der Waals surface area contributed by atoms with Gasteiger partial charge in [0.15, 0.2) is 0 Å². The van der Waals surface area contributed by atoms with Gasteiger partial charge < -0.3 is 15.7 Å². The molecule has 2 rings (SSSR count). The van der Waals surface area contributed by atoms with Gasteiger partial charge in [-0.15, -0.1) is 0 Å². The number of fused-ring (bicyclic) bond motifs is 1. The van der Waals surface area contributed by atoms with E-state index in [4.69, 9.17) is 10.8 Å². The van der Waals surface area contributed by atoms with Crippen molar-refractivity contribution in [1.82, 2.24) is 9.88 Å². The van der Waals surface area contributed by atoms with E-state index in [1.54, 1.807) is 6.07 Å². The Morgan fingerprint density at radius 2 is 2.40 bits per heavy atom. The van der Waals surface area contributed by atoms with Crippen molar-refractivity contribution in [1.29, 1.82) is 0 Å². The summed E-state index contributed by atoms with van der Waals surface area (Å²) in [5, 5.41) is 8.90. The van der Waals surface area contributed by atoms with Crippen LogP contribution in [-0.4, -0.2) is 34.6 Å². The lowest BCUT2D eigenvalue weighted by Gasteiger charge is -2.24. The number of nitrogen functional groups attached to an aromatic ring is 1. The van der Waals surface area contributed by atoms with Gasteiger partial charge in [0.25, 0.3) is 0 Å². The summed E-state index contributed by atoms with van der Waals surface area (Å²) in [5.74, 6) is -0.901. The van der Waals surface area contributed by atoms with Crippen LogP contribution < -0.4 is 5.73 Å². The van der Waals surface area contributed by atoms with Gasteiger partial charge in [-0.05, 0) is 18.7 Å². The lowest BCUT2D eigenvalue weighted by molar-refractivity contribution is 0.0697. The molecule has 1 aliphatic heterocycles. The average Bonchev–Trinajstić information content (AvgIpc) is 2.17. The standard InChI is InChI=1S/C10H13N3O2/c1-13-3-2-8-6(5-13)4-7(10(14)15)9(11)12-8/h4H,2-3,5H2,1H3,(H2,11,12)(H,14,15). The number of carboxylic acid groups (broad SMARTS) is 1. The molecule has 80 valence electrons. The molecular weight excluding hydrogens is 194 g/mol. The predicted molar refractivity (Wildman–Crippen MR) is 55.6 cm³/mol. The van der Waals surface area contributed by atoms with Crippen LogP contribution in [0.25, 0.3) is 0 Å². The third kappa shape index (κ3) is 1.78. The van der Waals surface area contributed by atoms with Crippen LogP contribution in [0.4, 0.5) is 5.82 Å². The zero-order valence-corrected chi connectivity index (χ0v) is 8.53. The molecular formula is C10H13N3O2. The molecule has 0 atom stereocenters. The van der Waals surface area contributed by atoms with Crippen LogP contribution in [0.15, 0.2) is 6.07 Å². The van der Waals surface area contributed by atoms with Crippen molar-refractivity contribution in [2.75, 3.05) is 19.3 Å². The number of aromatic nitrogens is 1.